The molecule has 0 saturated carbocycles. The van der Waals surface area contributed by atoms with E-state index in [1.807, 2.05) is 0 Å². The molecule has 0 aliphatic carbocycles. The van der Waals surface area contributed by atoms with Crippen molar-refractivity contribution in [2.45, 2.75) is 0 Å². The van der Waals surface area contributed by atoms with E-state index in [1.54, 1.807) is 0 Å². The molecule has 0 heterocycles. The van der Waals surface area contributed by atoms with E-state index in [4.69, 9.17) is 33.5 Å². The Labute approximate surface area is 175 Å². The van der Waals surface area contributed by atoms with Crippen molar-refractivity contribution < 1.29 is 109 Å². The molecule has 26 N–H and O–H groups in total. The third kappa shape index (κ3) is 224. The Balaban J connectivity index is -0.00000000625. The normalized spacial score (nSPS) is 3.18. The second-order valence-electron chi connectivity index (χ2n) is 1.27. The first kappa shape index (κ1) is 101. The molecule has 0 aliphatic heterocycles. The first-order valence-electron chi connectivity index (χ1n) is 2.50. The predicted molar refractivity (Wildman–Crippen MR) is 72.1 cm³/mol. The van der Waals surface area contributed by atoms with Crippen LogP contribution >= 0.6 is 0 Å². The Morgan fingerprint density at radius 2 is 0.727 bits per heavy atom. The van der Waals surface area contributed by atoms with Gasteiger partial charge in [-0.3, -0.25) is 0 Å². The number of hydrogen-bond donors (Lipinski definition) is 4. The Morgan fingerprint density at radius 1 is 0.591 bits per heavy atom. The van der Waals surface area contributed by atoms with Gasteiger partial charge in [-0.2, -0.15) is 10.5 Å². The molecule has 0 atom stereocenters. The van der Waals surface area contributed by atoms with E-state index >= 15 is 0 Å². The Bertz CT molecular complexity index is 248. The predicted octanol–water partition coefficient (Wildman–Crippen LogP) is -17.0. The standard InChI is InChI=1S/2C2H4N4.3ClH.6H2O.Tb/c2*3-1-6-2(4)5;;;;;;;;;;/h2*(H4,4,5,6);3*1H;6*1H2;/q;;;;;;;;;;;+3/p+3. The van der Waals surface area contributed by atoms with Crippen molar-refractivity contribution in [3.63, 3.8) is 0 Å². The summed E-state index contributed by atoms with van der Waals surface area (Å²) in [7, 11) is 0. The Morgan fingerprint density at radius 3 is 0.727 bits per heavy atom. The number of nitrogens with two attached hydrogens (primary N) is 4. The van der Waals surface area contributed by atoms with Gasteiger partial charge in [0.2, 0.25) is 24.3 Å². The monoisotopic (exact) mass is 546 g/mol. The van der Waals surface area contributed by atoms with Crippen LogP contribution in [0.3, 0.4) is 0 Å². The van der Waals surface area contributed by atoms with E-state index in [1.165, 1.54) is 12.4 Å². The van der Waals surface area contributed by atoms with E-state index in [-0.39, 0.29) is 121 Å². The molecule has 0 rings (SSSR count). The molecule has 22 heavy (non-hydrogen) atoms. The molecule has 0 aromatic heterocycles. The molecule has 142 valence electrons. The minimum atomic E-state index is -0.197. The molecule has 0 bridgehead atoms. The molecule has 0 saturated heterocycles. The zero-order valence-corrected chi connectivity index (χ0v) is 15.4. The summed E-state index contributed by atoms with van der Waals surface area (Å²) < 4.78 is 0. The van der Waals surface area contributed by atoms with Crippen LogP contribution in [-0.4, -0.2) is 11.9 Å². The van der Waals surface area contributed by atoms with Gasteiger partial charge < -0.3 is 93.0 Å². The van der Waals surface area contributed by atoms with Gasteiger partial charge in [-0.15, -0.1) is 9.98 Å². The van der Waals surface area contributed by atoms with Crippen LogP contribution in [-0.2, 0) is 32.9 Å². The molecule has 14 nitrogen and oxygen atoms in total. The van der Waals surface area contributed by atoms with Crippen LogP contribution in [0.4, 0.5) is 0 Å². The second-order valence-corrected chi connectivity index (χ2v) is 1.27. The number of rotatable bonds is 0. The Kier molecular flexibility index (Phi) is 396. The zero-order chi connectivity index (χ0) is 9.98. The van der Waals surface area contributed by atoms with Crippen molar-refractivity contribution in [2.24, 2.45) is 32.9 Å². The van der Waals surface area contributed by atoms with Crippen LogP contribution in [0.2, 0.25) is 0 Å². The zero-order valence-electron chi connectivity index (χ0n) is 11.0. The van der Waals surface area contributed by atoms with Gasteiger partial charge >= 0.3 is 38.6 Å². The van der Waals surface area contributed by atoms with E-state index < -0.39 is 0 Å². The average Bonchev–Trinajstić information content (AvgIpc) is 1.87. The first-order valence-corrected chi connectivity index (χ1v) is 2.50. The minimum absolute atomic E-state index is 0. The summed E-state index contributed by atoms with van der Waals surface area (Å²) in [4.78, 5) is 5.81. The molecular weight excluding hydrogens is 521 g/mol. The van der Waals surface area contributed by atoms with Crippen molar-refractivity contribution in [2.75, 3.05) is 0 Å². The summed E-state index contributed by atoms with van der Waals surface area (Å²) in [6.45, 7) is 0. The molecule has 0 aliphatic rings. The van der Waals surface area contributed by atoms with Crippen molar-refractivity contribution in [1.29, 1.82) is 10.5 Å². The third-order valence-corrected chi connectivity index (χ3v) is 0.358. The van der Waals surface area contributed by atoms with Crippen LogP contribution in [0.5, 0.6) is 0 Å². The number of halogens is 3. The van der Waals surface area contributed by atoms with Gasteiger partial charge in [0, 0.05) is 0 Å². The summed E-state index contributed by atoms with van der Waals surface area (Å²) in [6.07, 6.45) is 2.81. The molecule has 0 amide bonds. The van der Waals surface area contributed by atoms with Gasteiger partial charge in [-0.25, -0.2) is 0 Å². The number of nitriles is 2. The number of hydrogen-bond acceptors (Lipinski definition) is 4. The van der Waals surface area contributed by atoms with Crippen LogP contribution < -0.4 is 60.2 Å². The molecule has 0 unspecified atom stereocenters. The SMILES string of the molecule is N#CN=C(N)N.N#CN=C(N)N.[Cl-].[Cl-].[Cl-].[OH3+].[OH3+].[OH3+].[OH3+].[OH3+].[OH3+].[Tb+3]. The fourth-order valence-corrected chi connectivity index (χ4v) is 0.115. The van der Waals surface area contributed by atoms with E-state index in [2.05, 4.69) is 9.98 Å². The van der Waals surface area contributed by atoms with E-state index in [9.17, 15) is 0 Å². The molecule has 0 spiro atoms. The first-order chi connectivity index (χ1) is 5.54. The average molecular weight is 548 g/mol. The van der Waals surface area contributed by atoms with Crippen LogP contribution in [0.1, 0.15) is 0 Å². The summed E-state index contributed by atoms with van der Waals surface area (Å²) >= 11 is 0. The van der Waals surface area contributed by atoms with Gasteiger partial charge in [-0.1, -0.05) is 0 Å². The summed E-state index contributed by atoms with van der Waals surface area (Å²) in [5.74, 6) is -0.394. The maximum absolute atomic E-state index is 7.64. The summed E-state index contributed by atoms with van der Waals surface area (Å²) in [6, 6.07) is 0. The van der Waals surface area contributed by atoms with Crippen LogP contribution in [0.15, 0.2) is 9.98 Å². The van der Waals surface area contributed by atoms with Gasteiger partial charge in [0.15, 0.2) is 0 Å². The molecular formula is C4H26Cl3N8O6Tb+6. The number of guanidine groups is 2. The molecule has 0 aromatic rings. The van der Waals surface area contributed by atoms with E-state index in [0.717, 1.165) is 0 Å². The number of aliphatic imine (C=N–C) groups is 2. The topological polar surface area (TPSA) is 374 Å². The van der Waals surface area contributed by atoms with Gasteiger partial charge in [0.25, 0.3) is 0 Å². The maximum Gasteiger partial charge on any atom is 3.00 e. The summed E-state index contributed by atoms with van der Waals surface area (Å²) in [5, 5.41) is 15.3. The molecule has 0 radical (unpaired) electrons. The maximum atomic E-state index is 7.64. The van der Waals surface area contributed by atoms with Crippen molar-refractivity contribution in [1.82, 2.24) is 0 Å². The van der Waals surface area contributed by atoms with Gasteiger partial charge in [-0.05, 0) is 0 Å². The van der Waals surface area contributed by atoms with Crippen molar-refractivity contribution >= 4 is 11.9 Å². The second kappa shape index (κ2) is 86.7. The quantitative estimate of drug-likeness (QED) is 0.0985. The van der Waals surface area contributed by atoms with Crippen LogP contribution in [0.25, 0.3) is 0 Å². The van der Waals surface area contributed by atoms with Crippen molar-refractivity contribution in [3.8, 4) is 12.4 Å². The third-order valence-electron chi connectivity index (χ3n) is 0.358. The van der Waals surface area contributed by atoms with Gasteiger partial charge in [0.1, 0.15) is 0 Å². The van der Waals surface area contributed by atoms with Crippen molar-refractivity contribution in [3.05, 3.63) is 0 Å². The smallest absolute Gasteiger partial charge is 1.00 e. The largest absolute Gasteiger partial charge is 3.00 e. The molecule has 0 aromatic carbocycles. The fraction of sp³-hybridized carbons (Fsp3) is 0. The molecule has 18 heteroatoms. The minimum Gasteiger partial charge on any atom is -1.00 e. The van der Waals surface area contributed by atoms with Gasteiger partial charge in [0.05, 0.1) is 0 Å². The summed E-state index contributed by atoms with van der Waals surface area (Å²) in [5.41, 5.74) is 18.8. The van der Waals surface area contributed by atoms with E-state index in [0.29, 0.717) is 0 Å². The number of nitrogens with zero attached hydrogens (tertiary/aromatic N) is 4. The van der Waals surface area contributed by atoms with Crippen LogP contribution in [0, 0.1) is 61.5 Å². The Hall–Kier alpha value is -0.564. The fourth-order valence-electron chi connectivity index (χ4n) is 0.115. The molecule has 0 fully saturated rings.